The van der Waals surface area contributed by atoms with Gasteiger partial charge in [0.15, 0.2) is 5.58 Å². The molecule has 0 amide bonds. The van der Waals surface area contributed by atoms with Crippen LogP contribution in [0.15, 0.2) is 64.0 Å². The molecule has 1 N–H and O–H groups in total. The molecule has 134 valence electrons. The molecule has 2 heterocycles. The number of sulfonamides is 1. The van der Waals surface area contributed by atoms with Crippen LogP contribution >= 0.6 is 0 Å². The topological polar surface area (TPSA) is 77.1 Å². The van der Waals surface area contributed by atoms with Crippen LogP contribution in [0.3, 0.4) is 0 Å². The van der Waals surface area contributed by atoms with E-state index in [0.717, 1.165) is 23.0 Å². The summed E-state index contributed by atoms with van der Waals surface area (Å²) in [6, 6.07) is 10.4. The van der Waals surface area contributed by atoms with Gasteiger partial charge in [0, 0.05) is 5.39 Å². The van der Waals surface area contributed by atoms with Gasteiger partial charge >= 0.3 is 6.18 Å². The molecule has 0 fully saturated rings. The minimum absolute atomic E-state index is 0.345. The third kappa shape index (κ3) is 2.68. The Kier molecular flexibility index (Phi) is 3.48. The Hall–Kier alpha value is -3.01. The molecule has 0 aliphatic rings. The normalized spacial score (nSPS) is 12.7. The van der Waals surface area contributed by atoms with Crippen LogP contribution in [0.25, 0.3) is 22.1 Å². The first kappa shape index (κ1) is 16.5. The highest BCUT2D eigenvalue weighted by molar-refractivity contribution is 7.92. The first-order valence-corrected chi connectivity index (χ1v) is 8.79. The summed E-state index contributed by atoms with van der Waals surface area (Å²) < 4.78 is 69.1. The Balaban J connectivity index is 1.78. The summed E-state index contributed by atoms with van der Waals surface area (Å²) in [5.41, 5.74) is 0.195. The van der Waals surface area contributed by atoms with Crippen molar-refractivity contribution >= 4 is 32.1 Å². The van der Waals surface area contributed by atoms with Gasteiger partial charge in [0.05, 0.1) is 16.7 Å². The van der Waals surface area contributed by atoms with Crippen LogP contribution in [-0.2, 0) is 16.2 Å². The summed E-state index contributed by atoms with van der Waals surface area (Å²) in [4.78, 5) is 2.61. The average molecular weight is 381 g/mol. The number of benzene rings is 2. The number of hydrogen-bond donors (Lipinski definition) is 1. The lowest BCUT2D eigenvalue weighted by Crippen LogP contribution is -2.24. The zero-order chi connectivity index (χ0) is 18.5. The lowest BCUT2D eigenvalue weighted by molar-refractivity contribution is -0.137. The zero-order valence-corrected chi connectivity index (χ0v) is 13.7. The second-order valence-electron chi connectivity index (χ2n) is 5.49. The van der Waals surface area contributed by atoms with E-state index in [9.17, 15) is 21.6 Å². The number of nitrogens with one attached hydrogen (secondary N) is 1. The average Bonchev–Trinajstić information content (AvgIpc) is 3.14. The highest BCUT2D eigenvalue weighted by Crippen LogP contribution is 2.31. The number of nitrogens with zero attached hydrogens (tertiary/aromatic N) is 2. The number of aromatic nitrogens is 2. The maximum atomic E-state index is 12.8. The van der Waals surface area contributed by atoms with Crippen LogP contribution < -0.4 is 4.83 Å². The van der Waals surface area contributed by atoms with E-state index in [0.29, 0.717) is 28.1 Å². The summed E-state index contributed by atoms with van der Waals surface area (Å²) in [5.74, 6) is 0. The molecule has 0 bridgehead atoms. The third-order valence-electron chi connectivity index (χ3n) is 3.78. The van der Waals surface area contributed by atoms with Crippen LogP contribution in [-0.4, -0.2) is 18.3 Å². The predicted octanol–water partition coefficient (Wildman–Crippen LogP) is 3.73. The number of furan rings is 1. The van der Waals surface area contributed by atoms with Gasteiger partial charge in [-0.2, -0.15) is 36.3 Å². The highest BCUT2D eigenvalue weighted by Gasteiger charge is 2.32. The molecule has 0 saturated carbocycles. The number of rotatable bonds is 3. The molecule has 0 radical (unpaired) electrons. The largest absolute Gasteiger partial charge is 0.453 e. The van der Waals surface area contributed by atoms with Gasteiger partial charge in [-0.3, -0.25) is 0 Å². The standard InChI is InChI=1S/C16H10F3N3O3S/c17-16(18,19)10-4-3-5-11(8-10)26(23,24)21-22-15-12-6-1-2-7-13(12)25-14(15)9-20-22/h1-9,21H. The van der Waals surface area contributed by atoms with Gasteiger partial charge in [-0.15, -0.1) is 0 Å². The quantitative estimate of drug-likeness (QED) is 0.587. The van der Waals surface area contributed by atoms with E-state index in [1.54, 1.807) is 24.3 Å². The molecular formula is C16H10F3N3O3S. The fraction of sp³-hybridized carbons (Fsp3) is 0.0625. The van der Waals surface area contributed by atoms with Crippen LogP contribution in [0.1, 0.15) is 5.56 Å². The lowest BCUT2D eigenvalue weighted by atomic mass is 10.2. The number of para-hydroxylation sites is 1. The zero-order valence-electron chi connectivity index (χ0n) is 12.9. The minimum Gasteiger partial charge on any atom is -0.453 e. The molecule has 2 aromatic carbocycles. The molecule has 0 unspecified atom stereocenters. The second kappa shape index (κ2) is 5.49. The lowest BCUT2D eigenvalue weighted by Gasteiger charge is -2.11. The van der Waals surface area contributed by atoms with E-state index in [1.165, 1.54) is 6.20 Å². The van der Waals surface area contributed by atoms with E-state index >= 15 is 0 Å². The Bertz CT molecular complexity index is 1230. The van der Waals surface area contributed by atoms with Crippen molar-refractivity contribution in [1.82, 2.24) is 9.89 Å². The Morgan fingerprint density at radius 1 is 1.04 bits per heavy atom. The molecule has 4 aromatic rings. The molecule has 0 aliphatic carbocycles. The Morgan fingerprint density at radius 3 is 2.58 bits per heavy atom. The fourth-order valence-electron chi connectivity index (χ4n) is 2.60. The molecule has 26 heavy (non-hydrogen) atoms. The van der Waals surface area contributed by atoms with E-state index in [4.69, 9.17) is 4.42 Å². The molecule has 10 heteroatoms. The molecule has 2 aromatic heterocycles. The van der Waals surface area contributed by atoms with Crippen molar-refractivity contribution in [2.45, 2.75) is 11.1 Å². The maximum Gasteiger partial charge on any atom is 0.416 e. The SMILES string of the molecule is O=S(=O)(Nn1ncc2oc3ccccc3c21)c1cccc(C(F)(F)F)c1. The summed E-state index contributed by atoms with van der Waals surface area (Å²) in [5, 5.41) is 4.52. The van der Waals surface area contributed by atoms with Crippen molar-refractivity contribution in [2.24, 2.45) is 0 Å². The van der Waals surface area contributed by atoms with Crippen molar-refractivity contribution in [2.75, 3.05) is 4.83 Å². The first-order valence-electron chi connectivity index (χ1n) is 7.31. The second-order valence-corrected chi connectivity index (χ2v) is 7.15. The van der Waals surface area contributed by atoms with E-state index in [-0.39, 0.29) is 0 Å². The van der Waals surface area contributed by atoms with Gasteiger partial charge in [0.2, 0.25) is 0 Å². The van der Waals surface area contributed by atoms with E-state index in [2.05, 4.69) is 9.93 Å². The van der Waals surface area contributed by atoms with Crippen molar-refractivity contribution in [3.05, 3.63) is 60.3 Å². The van der Waals surface area contributed by atoms with Gasteiger partial charge in [-0.1, -0.05) is 18.2 Å². The summed E-state index contributed by atoms with van der Waals surface area (Å²) >= 11 is 0. The first-order chi connectivity index (χ1) is 12.3. The molecular weight excluding hydrogens is 371 g/mol. The molecule has 0 saturated heterocycles. The van der Waals surface area contributed by atoms with Gasteiger partial charge < -0.3 is 4.42 Å². The maximum absolute atomic E-state index is 12.8. The minimum atomic E-state index is -4.65. The smallest absolute Gasteiger partial charge is 0.416 e. The van der Waals surface area contributed by atoms with Gasteiger partial charge in [-0.05, 0) is 30.3 Å². The molecule has 0 aliphatic heterocycles. The fourth-order valence-corrected chi connectivity index (χ4v) is 3.61. The molecule has 6 nitrogen and oxygen atoms in total. The monoisotopic (exact) mass is 381 g/mol. The third-order valence-corrected chi connectivity index (χ3v) is 5.06. The number of fused-ring (bicyclic) bond motifs is 3. The van der Waals surface area contributed by atoms with E-state index < -0.39 is 26.7 Å². The van der Waals surface area contributed by atoms with Crippen LogP contribution in [0, 0.1) is 0 Å². The van der Waals surface area contributed by atoms with E-state index in [1.807, 2.05) is 0 Å². The van der Waals surface area contributed by atoms with Crippen molar-refractivity contribution < 1.29 is 26.0 Å². The number of alkyl halides is 3. The summed E-state index contributed by atoms with van der Waals surface area (Å²) in [7, 11) is -4.30. The molecule has 0 atom stereocenters. The predicted molar refractivity (Wildman–Crippen MR) is 87.5 cm³/mol. The highest BCUT2D eigenvalue weighted by atomic mass is 32.2. The van der Waals surface area contributed by atoms with Gasteiger partial charge in [0.25, 0.3) is 10.0 Å². The number of halogens is 3. The van der Waals surface area contributed by atoms with Crippen molar-refractivity contribution in [3.8, 4) is 0 Å². The van der Waals surface area contributed by atoms with Crippen LogP contribution in [0.2, 0.25) is 0 Å². The Labute approximate surface area is 144 Å². The number of hydrogen-bond acceptors (Lipinski definition) is 4. The van der Waals surface area contributed by atoms with Crippen LogP contribution in [0.5, 0.6) is 0 Å². The van der Waals surface area contributed by atoms with Gasteiger partial charge in [-0.25, -0.2) is 0 Å². The molecule has 0 spiro atoms. The molecule has 4 rings (SSSR count). The van der Waals surface area contributed by atoms with Crippen LogP contribution in [0.4, 0.5) is 13.2 Å². The summed E-state index contributed by atoms with van der Waals surface area (Å²) in [6.45, 7) is 0. The summed E-state index contributed by atoms with van der Waals surface area (Å²) in [6.07, 6.45) is -3.32. The Morgan fingerprint density at radius 2 is 1.81 bits per heavy atom. The van der Waals surface area contributed by atoms with Gasteiger partial charge in [0.1, 0.15) is 11.1 Å². The van der Waals surface area contributed by atoms with Crippen molar-refractivity contribution in [3.63, 3.8) is 0 Å². The van der Waals surface area contributed by atoms with Crippen molar-refractivity contribution in [1.29, 1.82) is 0 Å².